The van der Waals surface area contributed by atoms with E-state index >= 15 is 0 Å². The van der Waals surface area contributed by atoms with Crippen molar-refractivity contribution in [3.8, 4) is 33.8 Å². The number of rotatable bonds is 4. The molecule has 6 heteroatoms. The van der Waals surface area contributed by atoms with Gasteiger partial charge < -0.3 is 5.11 Å². The van der Waals surface area contributed by atoms with Crippen LogP contribution in [0.5, 0.6) is 0 Å². The number of benzene rings is 1. The summed E-state index contributed by atoms with van der Waals surface area (Å²) in [6.45, 7) is 1.96. The quantitative estimate of drug-likeness (QED) is 0.582. The van der Waals surface area contributed by atoms with Gasteiger partial charge in [-0.25, -0.2) is 4.79 Å². The summed E-state index contributed by atoms with van der Waals surface area (Å²) in [5.74, 6) is -0.945. The van der Waals surface area contributed by atoms with Crippen LogP contribution in [0.15, 0.2) is 67.0 Å². The molecule has 0 aliphatic heterocycles. The van der Waals surface area contributed by atoms with Gasteiger partial charge in [-0.05, 0) is 48.9 Å². The van der Waals surface area contributed by atoms with Crippen LogP contribution in [-0.4, -0.2) is 30.8 Å². The molecule has 0 atom stereocenters. The minimum atomic E-state index is -0.945. The molecule has 0 bridgehead atoms. The fraction of sp³-hybridized carbons (Fsp3) is 0.0909. The van der Waals surface area contributed by atoms with Crippen molar-refractivity contribution in [3.05, 3.63) is 78.2 Å². The number of carbonyl (C=O) groups is 1. The first kappa shape index (κ1) is 17.6. The monoisotopic (exact) mass is 370 g/mol. The molecule has 0 aliphatic carbocycles. The topological polar surface area (TPSA) is 80.9 Å². The van der Waals surface area contributed by atoms with Gasteiger partial charge in [-0.1, -0.05) is 18.2 Å². The van der Waals surface area contributed by atoms with Gasteiger partial charge in [0, 0.05) is 36.3 Å². The number of carboxylic acid groups (broad SMARTS) is 1. The maximum atomic E-state index is 11.1. The van der Waals surface area contributed by atoms with Crippen LogP contribution >= 0.6 is 0 Å². The van der Waals surface area contributed by atoms with Gasteiger partial charge in [0.05, 0.1) is 17.0 Å². The van der Waals surface area contributed by atoms with Crippen molar-refractivity contribution in [3.63, 3.8) is 0 Å². The zero-order valence-corrected chi connectivity index (χ0v) is 15.5. The lowest BCUT2D eigenvalue weighted by atomic mass is 10.0. The standard InChI is InChI=1S/C22H18N4O2/c1-14-4-3-5-19(24-14)21-18(13-26(2)25-21)17-10-11-23-20(12-17)15-6-8-16(9-7-15)22(27)28/h3-13H,1-2H3,(H,27,28). The molecule has 0 spiro atoms. The molecule has 0 saturated carbocycles. The summed E-state index contributed by atoms with van der Waals surface area (Å²) in [6.07, 6.45) is 3.71. The second kappa shape index (κ2) is 7.08. The van der Waals surface area contributed by atoms with Gasteiger partial charge in [0.25, 0.3) is 0 Å². The Morgan fingerprint density at radius 3 is 2.50 bits per heavy atom. The van der Waals surface area contributed by atoms with Gasteiger partial charge >= 0.3 is 5.97 Å². The Hall–Kier alpha value is -3.80. The van der Waals surface area contributed by atoms with Crippen molar-refractivity contribution in [1.82, 2.24) is 19.7 Å². The van der Waals surface area contributed by atoms with Crippen LogP contribution in [0.25, 0.3) is 33.8 Å². The first-order valence-corrected chi connectivity index (χ1v) is 8.79. The van der Waals surface area contributed by atoms with Crippen molar-refractivity contribution in [2.75, 3.05) is 0 Å². The lowest BCUT2D eigenvalue weighted by molar-refractivity contribution is 0.0697. The Morgan fingerprint density at radius 2 is 1.79 bits per heavy atom. The Balaban J connectivity index is 1.77. The molecule has 28 heavy (non-hydrogen) atoms. The van der Waals surface area contributed by atoms with Crippen LogP contribution in [0, 0.1) is 6.92 Å². The largest absolute Gasteiger partial charge is 0.478 e. The van der Waals surface area contributed by atoms with E-state index in [9.17, 15) is 4.79 Å². The minimum Gasteiger partial charge on any atom is -0.478 e. The van der Waals surface area contributed by atoms with Crippen molar-refractivity contribution in [1.29, 1.82) is 0 Å². The van der Waals surface area contributed by atoms with E-state index in [1.54, 1.807) is 35.1 Å². The van der Waals surface area contributed by atoms with Crippen molar-refractivity contribution < 1.29 is 9.90 Å². The predicted octanol–water partition coefficient (Wildman–Crippen LogP) is 4.22. The van der Waals surface area contributed by atoms with Crippen LogP contribution in [-0.2, 0) is 7.05 Å². The second-order valence-corrected chi connectivity index (χ2v) is 6.54. The summed E-state index contributed by atoms with van der Waals surface area (Å²) in [5.41, 5.74) is 6.37. The number of nitrogens with zero attached hydrogens (tertiary/aromatic N) is 4. The first-order valence-electron chi connectivity index (χ1n) is 8.79. The molecule has 0 unspecified atom stereocenters. The molecule has 3 aromatic heterocycles. The third kappa shape index (κ3) is 3.40. The van der Waals surface area contributed by atoms with E-state index in [0.717, 1.165) is 39.5 Å². The molecule has 4 rings (SSSR count). The van der Waals surface area contributed by atoms with E-state index in [1.807, 2.05) is 50.5 Å². The fourth-order valence-corrected chi connectivity index (χ4v) is 3.10. The van der Waals surface area contributed by atoms with Crippen molar-refractivity contribution in [2.45, 2.75) is 6.92 Å². The number of aromatic carboxylic acids is 1. The second-order valence-electron chi connectivity index (χ2n) is 6.54. The molecule has 138 valence electrons. The summed E-state index contributed by atoms with van der Waals surface area (Å²) in [6, 6.07) is 16.5. The third-order valence-electron chi connectivity index (χ3n) is 4.46. The highest BCUT2D eigenvalue weighted by molar-refractivity contribution is 5.88. The van der Waals surface area contributed by atoms with Crippen LogP contribution in [0.2, 0.25) is 0 Å². The van der Waals surface area contributed by atoms with Gasteiger partial charge in [0.1, 0.15) is 5.69 Å². The summed E-state index contributed by atoms with van der Waals surface area (Å²) >= 11 is 0. The molecule has 0 amide bonds. The molecule has 1 N–H and O–H groups in total. The third-order valence-corrected chi connectivity index (χ3v) is 4.46. The highest BCUT2D eigenvalue weighted by atomic mass is 16.4. The van der Waals surface area contributed by atoms with Crippen molar-refractivity contribution >= 4 is 5.97 Å². The van der Waals surface area contributed by atoms with Gasteiger partial charge in [-0.15, -0.1) is 0 Å². The molecular weight excluding hydrogens is 352 g/mol. The molecule has 6 nitrogen and oxygen atoms in total. The number of pyridine rings is 2. The fourth-order valence-electron chi connectivity index (χ4n) is 3.10. The lowest BCUT2D eigenvalue weighted by Gasteiger charge is -2.06. The van der Waals surface area contributed by atoms with Crippen LogP contribution < -0.4 is 0 Å². The summed E-state index contributed by atoms with van der Waals surface area (Å²) < 4.78 is 1.77. The average Bonchev–Trinajstić information content (AvgIpc) is 3.10. The lowest BCUT2D eigenvalue weighted by Crippen LogP contribution is -1.95. The highest BCUT2D eigenvalue weighted by Gasteiger charge is 2.14. The Labute approximate surface area is 162 Å². The number of aromatic nitrogens is 4. The highest BCUT2D eigenvalue weighted by Crippen LogP contribution is 2.31. The average molecular weight is 370 g/mol. The van der Waals surface area contributed by atoms with E-state index in [1.165, 1.54) is 0 Å². The zero-order chi connectivity index (χ0) is 19.7. The van der Waals surface area contributed by atoms with Crippen LogP contribution in [0.4, 0.5) is 0 Å². The molecular formula is C22H18N4O2. The number of hydrogen-bond acceptors (Lipinski definition) is 4. The summed E-state index contributed by atoms with van der Waals surface area (Å²) in [7, 11) is 1.88. The normalized spacial score (nSPS) is 10.8. The van der Waals surface area contributed by atoms with Crippen LogP contribution in [0.1, 0.15) is 16.1 Å². The van der Waals surface area contributed by atoms with Gasteiger partial charge in [-0.3, -0.25) is 14.6 Å². The van der Waals surface area contributed by atoms with E-state index in [2.05, 4.69) is 15.1 Å². The smallest absolute Gasteiger partial charge is 0.335 e. The summed E-state index contributed by atoms with van der Waals surface area (Å²) in [5, 5.41) is 13.7. The molecule has 1 aromatic carbocycles. The van der Waals surface area contributed by atoms with Crippen LogP contribution in [0.3, 0.4) is 0 Å². The van der Waals surface area contributed by atoms with E-state index in [0.29, 0.717) is 0 Å². The van der Waals surface area contributed by atoms with E-state index in [-0.39, 0.29) is 5.56 Å². The number of hydrogen-bond donors (Lipinski definition) is 1. The number of aryl methyl sites for hydroxylation is 2. The molecule has 0 radical (unpaired) electrons. The maximum Gasteiger partial charge on any atom is 0.335 e. The Kier molecular flexibility index (Phi) is 4.45. The SMILES string of the molecule is Cc1cccc(-c2nn(C)cc2-c2ccnc(-c3ccc(C(=O)O)cc3)c2)n1. The Bertz CT molecular complexity index is 1160. The maximum absolute atomic E-state index is 11.1. The Morgan fingerprint density at radius 1 is 1.00 bits per heavy atom. The summed E-state index contributed by atoms with van der Waals surface area (Å²) in [4.78, 5) is 20.1. The molecule has 3 heterocycles. The predicted molar refractivity (Wildman–Crippen MR) is 107 cm³/mol. The molecule has 4 aromatic rings. The minimum absolute atomic E-state index is 0.250. The van der Waals surface area contributed by atoms with Gasteiger partial charge in [0.2, 0.25) is 0 Å². The molecule has 0 saturated heterocycles. The zero-order valence-electron chi connectivity index (χ0n) is 15.5. The van der Waals surface area contributed by atoms with E-state index < -0.39 is 5.97 Å². The van der Waals surface area contributed by atoms with Crippen molar-refractivity contribution in [2.24, 2.45) is 7.05 Å². The first-order chi connectivity index (χ1) is 13.5. The molecule has 0 fully saturated rings. The number of carboxylic acids is 1. The van der Waals surface area contributed by atoms with E-state index in [4.69, 9.17) is 5.11 Å². The van der Waals surface area contributed by atoms with Gasteiger partial charge in [-0.2, -0.15) is 5.10 Å². The van der Waals surface area contributed by atoms with Gasteiger partial charge in [0.15, 0.2) is 0 Å². The molecule has 0 aliphatic rings.